The number of aliphatic hydroxyl groups is 2. The van der Waals surface area contributed by atoms with Crippen LogP contribution in [0.4, 0.5) is 0 Å². The van der Waals surface area contributed by atoms with E-state index < -0.39 is 18.2 Å². The van der Waals surface area contributed by atoms with Gasteiger partial charge in [0.1, 0.15) is 6.10 Å². The zero-order valence-corrected chi connectivity index (χ0v) is 45.2. The third-order valence-electron chi connectivity index (χ3n) is 12.7. The van der Waals surface area contributed by atoms with Crippen LogP contribution >= 0.6 is 0 Å². The van der Waals surface area contributed by atoms with Crippen molar-refractivity contribution in [1.29, 1.82) is 0 Å². The molecule has 3 N–H and O–H groups in total. The molecule has 0 rings (SSSR count). The summed E-state index contributed by atoms with van der Waals surface area (Å²) in [5.41, 5.74) is 0. The summed E-state index contributed by atoms with van der Waals surface area (Å²) in [6.07, 6.45) is 74.8. The number of hydrogen-bond acceptors (Lipinski definition) is 5. The summed E-state index contributed by atoms with van der Waals surface area (Å²) in [6.45, 7) is 6.34. The Morgan fingerprint density at radius 3 is 1.22 bits per heavy atom. The number of carbonyl (C=O) groups excluding carboxylic acids is 2. The predicted octanol–water partition coefficient (Wildman–Crippen LogP) is 18.1. The van der Waals surface area contributed by atoms with Gasteiger partial charge in [-0.1, -0.05) is 253 Å². The molecule has 3 unspecified atom stereocenters. The Balaban J connectivity index is 4.69. The van der Waals surface area contributed by atoms with Crippen molar-refractivity contribution in [3.05, 3.63) is 97.2 Å². The van der Waals surface area contributed by atoms with Crippen molar-refractivity contribution < 1.29 is 24.5 Å². The number of esters is 1. The zero-order chi connectivity index (χ0) is 50.2. The first-order valence-corrected chi connectivity index (χ1v) is 29.0. The molecular formula is C63H109NO5. The minimum Gasteiger partial charge on any atom is -0.462 e. The SMILES string of the molecule is CC/C=C\C/C=C\C/C=C\C/C=C\C/C=C\C/C=C\CCC(=O)OC(CCCCCCC/C=C\C/C=C\CCCCC)CC(=O)NC(CO)C(O)CCCCCCCCCCCCCCCCCC. The van der Waals surface area contributed by atoms with Crippen LogP contribution < -0.4 is 5.32 Å². The molecular weight excluding hydrogens is 851 g/mol. The van der Waals surface area contributed by atoms with Crippen LogP contribution in [-0.4, -0.2) is 46.9 Å². The van der Waals surface area contributed by atoms with Crippen LogP contribution in [-0.2, 0) is 14.3 Å². The second-order valence-corrected chi connectivity index (χ2v) is 19.3. The Kier molecular flexibility index (Phi) is 53.1. The van der Waals surface area contributed by atoms with Gasteiger partial charge in [-0.25, -0.2) is 0 Å². The minimum absolute atomic E-state index is 0.0335. The summed E-state index contributed by atoms with van der Waals surface area (Å²) in [6, 6.07) is -0.728. The van der Waals surface area contributed by atoms with Crippen LogP contribution in [0.5, 0.6) is 0 Å². The predicted molar refractivity (Wildman–Crippen MR) is 300 cm³/mol. The largest absolute Gasteiger partial charge is 0.462 e. The number of amides is 1. The van der Waals surface area contributed by atoms with E-state index in [0.29, 0.717) is 19.3 Å². The van der Waals surface area contributed by atoms with Gasteiger partial charge < -0.3 is 20.3 Å². The lowest BCUT2D eigenvalue weighted by Crippen LogP contribution is -2.46. The Bertz CT molecular complexity index is 1350. The molecule has 0 fully saturated rings. The smallest absolute Gasteiger partial charge is 0.306 e. The van der Waals surface area contributed by atoms with E-state index in [1.165, 1.54) is 109 Å². The molecule has 69 heavy (non-hydrogen) atoms. The fourth-order valence-electron chi connectivity index (χ4n) is 8.31. The van der Waals surface area contributed by atoms with Crippen molar-refractivity contribution in [2.75, 3.05) is 6.61 Å². The number of nitrogens with one attached hydrogen (secondary N) is 1. The molecule has 3 atom stereocenters. The Hall–Kier alpha value is -3.22. The van der Waals surface area contributed by atoms with E-state index >= 15 is 0 Å². The van der Waals surface area contributed by atoms with Crippen LogP contribution in [0.1, 0.15) is 265 Å². The minimum atomic E-state index is -0.810. The summed E-state index contributed by atoms with van der Waals surface area (Å²) >= 11 is 0. The van der Waals surface area contributed by atoms with Gasteiger partial charge >= 0.3 is 5.97 Å². The van der Waals surface area contributed by atoms with Gasteiger partial charge in [-0.15, -0.1) is 0 Å². The van der Waals surface area contributed by atoms with Crippen LogP contribution in [0.15, 0.2) is 97.2 Å². The molecule has 0 aromatic carbocycles. The molecule has 0 aromatic heterocycles. The maximum Gasteiger partial charge on any atom is 0.306 e. The third kappa shape index (κ3) is 51.0. The molecule has 0 aliphatic carbocycles. The number of aliphatic hydroxyl groups excluding tert-OH is 2. The van der Waals surface area contributed by atoms with Crippen LogP contribution in [0.2, 0.25) is 0 Å². The summed E-state index contributed by atoms with van der Waals surface area (Å²) < 4.78 is 5.91. The van der Waals surface area contributed by atoms with Gasteiger partial charge in [0.25, 0.3) is 0 Å². The van der Waals surface area contributed by atoms with Gasteiger partial charge in [-0.05, 0) is 96.3 Å². The van der Waals surface area contributed by atoms with Gasteiger partial charge in [0.05, 0.1) is 25.2 Å². The summed E-state index contributed by atoms with van der Waals surface area (Å²) in [7, 11) is 0. The van der Waals surface area contributed by atoms with E-state index in [2.05, 4.69) is 117 Å². The van der Waals surface area contributed by atoms with Gasteiger partial charge in [0.2, 0.25) is 5.91 Å². The molecule has 396 valence electrons. The molecule has 0 spiro atoms. The lowest BCUT2D eigenvalue weighted by Gasteiger charge is -2.24. The molecule has 1 amide bonds. The molecule has 0 heterocycles. The quantitative estimate of drug-likeness (QED) is 0.0321. The van der Waals surface area contributed by atoms with Crippen molar-refractivity contribution in [1.82, 2.24) is 5.32 Å². The average Bonchev–Trinajstić information content (AvgIpc) is 3.34. The first-order chi connectivity index (χ1) is 34.0. The first-order valence-electron chi connectivity index (χ1n) is 29.0. The fraction of sp³-hybridized carbons (Fsp3) is 0.714. The summed E-state index contributed by atoms with van der Waals surface area (Å²) in [5, 5.41) is 23.9. The second kappa shape index (κ2) is 55.7. The standard InChI is InChI=1S/C63H109NO5/c1-4-7-10-13-16-19-22-25-28-30-31-32-35-38-41-44-47-50-53-56-63(68)69-59(54-51-48-45-42-39-36-33-27-24-21-18-15-12-9-6-3)57-62(67)64-60(58-65)61(66)55-52-49-46-43-40-37-34-29-26-23-20-17-14-11-8-5-2/h7,10,16,18-19,21,25,27-28,31-33,38,41,47,50,59-61,65-66H,4-6,8-9,11-15,17,20,22-24,26,29-30,34-37,39-40,42-46,48-49,51-58H2,1-3H3,(H,64,67)/b10-7-,19-16-,21-18-,28-25-,32-31-,33-27-,41-38-,50-47-. The van der Waals surface area contributed by atoms with Crippen LogP contribution in [0.3, 0.4) is 0 Å². The molecule has 0 saturated carbocycles. The molecule has 0 aromatic rings. The normalized spacial score (nSPS) is 13.9. The maximum absolute atomic E-state index is 13.3. The lowest BCUT2D eigenvalue weighted by molar-refractivity contribution is -0.150. The average molecular weight is 961 g/mol. The molecule has 0 bridgehead atoms. The van der Waals surface area contributed by atoms with Crippen LogP contribution in [0, 0.1) is 0 Å². The second-order valence-electron chi connectivity index (χ2n) is 19.3. The van der Waals surface area contributed by atoms with E-state index in [4.69, 9.17) is 4.74 Å². The molecule has 0 aliphatic rings. The van der Waals surface area contributed by atoms with E-state index in [1.807, 2.05) is 6.08 Å². The van der Waals surface area contributed by atoms with Crippen molar-refractivity contribution in [2.24, 2.45) is 0 Å². The van der Waals surface area contributed by atoms with E-state index in [1.54, 1.807) is 0 Å². The Morgan fingerprint density at radius 2 is 0.783 bits per heavy atom. The van der Waals surface area contributed by atoms with Crippen molar-refractivity contribution in [3.63, 3.8) is 0 Å². The number of unbranched alkanes of at least 4 members (excludes halogenated alkanes) is 23. The number of hydrogen-bond donors (Lipinski definition) is 3. The highest BCUT2D eigenvalue weighted by Crippen LogP contribution is 2.17. The molecule has 0 radical (unpaired) electrons. The topological polar surface area (TPSA) is 95.9 Å². The van der Waals surface area contributed by atoms with E-state index in [0.717, 1.165) is 103 Å². The van der Waals surface area contributed by atoms with Gasteiger partial charge in [0.15, 0.2) is 0 Å². The lowest BCUT2D eigenvalue weighted by atomic mass is 10.0. The molecule has 6 heteroatoms. The number of allylic oxidation sites excluding steroid dienone is 16. The van der Waals surface area contributed by atoms with Crippen molar-refractivity contribution in [3.8, 4) is 0 Å². The maximum atomic E-state index is 13.3. The Morgan fingerprint density at radius 1 is 0.435 bits per heavy atom. The molecule has 0 aliphatic heterocycles. The number of carbonyl (C=O) groups is 2. The first kappa shape index (κ1) is 65.8. The van der Waals surface area contributed by atoms with Gasteiger partial charge in [0, 0.05) is 6.42 Å². The monoisotopic (exact) mass is 960 g/mol. The molecule has 6 nitrogen and oxygen atoms in total. The number of ether oxygens (including phenoxy) is 1. The van der Waals surface area contributed by atoms with Crippen molar-refractivity contribution in [2.45, 2.75) is 283 Å². The van der Waals surface area contributed by atoms with Gasteiger partial charge in [-0.3, -0.25) is 9.59 Å². The van der Waals surface area contributed by atoms with Crippen molar-refractivity contribution >= 4 is 11.9 Å². The zero-order valence-electron chi connectivity index (χ0n) is 45.2. The molecule has 0 saturated heterocycles. The highest BCUT2D eigenvalue weighted by Gasteiger charge is 2.24. The van der Waals surface area contributed by atoms with E-state index in [9.17, 15) is 19.8 Å². The third-order valence-corrected chi connectivity index (χ3v) is 12.7. The summed E-state index contributed by atoms with van der Waals surface area (Å²) in [4.78, 5) is 26.3. The van der Waals surface area contributed by atoms with Gasteiger partial charge in [-0.2, -0.15) is 0 Å². The highest BCUT2D eigenvalue weighted by molar-refractivity contribution is 5.77. The number of rotatable bonds is 51. The fourth-order valence-corrected chi connectivity index (χ4v) is 8.31. The Labute approximate surface area is 426 Å². The van der Waals surface area contributed by atoms with Crippen LogP contribution in [0.25, 0.3) is 0 Å². The van der Waals surface area contributed by atoms with E-state index in [-0.39, 0.29) is 31.3 Å². The summed E-state index contributed by atoms with van der Waals surface area (Å²) in [5.74, 6) is -0.588. The highest BCUT2D eigenvalue weighted by atomic mass is 16.5.